The van der Waals surface area contributed by atoms with Crippen LogP contribution in [0.4, 0.5) is 17.1 Å². The highest BCUT2D eigenvalue weighted by Crippen LogP contribution is 2.31. The average molecular weight is 269 g/mol. The third-order valence-electron chi connectivity index (χ3n) is 3.23. The van der Waals surface area contributed by atoms with E-state index in [1.54, 1.807) is 12.1 Å². The first-order valence-electron chi connectivity index (χ1n) is 6.56. The van der Waals surface area contributed by atoms with Gasteiger partial charge in [0.15, 0.2) is 0 Å². The van der Waals surface area contributed by atoms with E-state index in [0.717, 1.165) is 17.9 Å². The lowest BCUT2D eigenvalue weighted by molar-refractivity contribution is 0.100. The second-order valence-corrected chi connectivity index (χ2v) is 4.72. The van der Waals surface area contributed by atoms with Crippen LogP contribution in [-0.2, 0) is 0 Å². The Hall–Kier alpha value is -2.49. The van der Waals surface area contributed by atoms with E-state index in [0.29, 0.717) is 11.3 Å². The summed E-state index contributed by atoms with van der Waals surface area (Å²) in [6, 6.07) is 13.4. The quantitative estimate of drug-likeness (QED) is 0.838. The van der Waals surface area contributed by atoms with Crippen LogP contribution < -0.4 is 16.4 Å². The molecule has 0 aromatic heterocycles. The molecule has 0 aliphatic carbocycles. The van der Waals surface area contributed by atoms with Gasteiger partial charge in [0.05, 0.1) is 11.4 Å². The predicted octanol–water partition coefficient (Wildman–Crippen LogP) is 2.83. The van der Waals surface area contributed by atoms with Crippen LogP contribution in [0.3, 0.4) is 0 Å². The van der Waals surface area contributed by atoms with Gasteiger partial charge in [-0.3, -0.25) is 4.79 Å². The third kappa shape index (κ3) is 2.74. The molecule has 2 aromatic rings. The average Bonchev–Trinajstić information content (AvgIpc) is 2.41. The summed E-state index contributed by atoms with van der Waals surface area (Å²) in [6.07, 6.45) is 0. The normalized spacial score (nSPS) is 10.3. The van der Waals surface area contributed by atoms with Crippen molar-refractivity contribution in [2.24, 2.45) is 5.73 Å². The van der Waals surface area contributed by atoms with Crippen molar-refractivity contribution in [3.8, 4) is 0 Å². The molecule has 4 heteroatoms. The van der Waals surface area contributed by atoms with Gasteiger partial charge >= 0.3 is 0 Å². The standard InChI is InChI=1S/C16H19N3O/c1-3-19(13-6-4-5-11(2)9-13)15-8-7-12(16(18)20)10-14(15)17/h4-10H,3,17H2,1-2H3,(H2,18,20). The van der Waals surface area contributed by atoms with Gasteiger partial charge in [0, 0.05) is 17.8 Å². The molecule has 0 saturated carbocycles. The Morgan fingerprint density at radius 2 is 1.95 bits per heavy atom. The number of nitrogen functional groups attached to an aromatic ring is 1. The summed E-state index contributed by atoms with van der Waals surface area (Å²) in [4.78, 5) is 13.3. The van der Waals surface area contributed by atoms with Crippen LogP contribution in [0.15, 0.2) is 42.5 Å². The molecular formula is C16H19N3O. The maximum absolute atomic E-state index is 11.2. The van der Waals surface area contributed by atoms with Crippen LogP contribution >= 0.6 is 0 Å². The van der Waals surface area contributed by atoms with Gasteiger partial charge in [-0.1, -0.05) is 12.1 Å². The van der Waals surface area contributed by atoms with Crippen molar-refractivity contribution in [3.05, 3.63) is 53.6 Å². The highest BCUT2D eigenvalue weighted by molar-refractivity contribution is 5.95. The Morgan fingerprint density at radius 1 is 1.20 bits per heavy atom. The minimum Gasteiger partial charge on any atom is -0.397 e. The first-order chi connectivity index (χ1) is 9.52. The summed E-state index contributed by atoms with van der Waals surface area (Å²) < 4.78 is 0. The van der Waals surface area contributed by atoms with Crippen molar-refractivity contribution >= 4 is 23.0 Å². The molecule has 0 aliphatic rings. The number of aryl methyl sites for hydroxylation is 1. The molecule has 1 amide bonds. The molecule has 2 aromatic carbocycles. The van der Waals surface area contributed by atoms with Gasteiger partial charge in [0.25, 0.3) is 0 Å². The van der Waals surface area contributed by atoms with Gasteiger partial charge in [0.1, 0.15) is 0 Å². The smallest absolute Gasteiger partial charge is 0.248 e. The number of rotatable bonds is 4. The van der Waals surface area contributed by atoms with Crippen molar-refractivity contribution in [2.75, 3.05) is 17.2 Å². The zero-order valence-corrected chi connectivity index (χ0v) is 11.8. The maximum Gasteiger partial charge on any atom is 0.248 e. The van der Waals surface area contributed by atoms with Crippen LogP contribution in [0, 0.1) is 6.92 Å². The molecule has 4 nitrogen and oxygen atoms in total. The van der Waals surface area contributed by atoms with Crippen molar-refractivity contribution in [3.63, 3.8) is 0 Å². The van der Waals surface area contributed by atoms with Crippen LogP contribution in [-0.4, -0.2) is 12.5 Å². The second kappa shape index (κ2) is 5.65. The minimum atomic E-state index is -0.471. The number of hydrogen-bond acceptors (Lipinski definition) is 3. The minimum absolute atomic E-state index is 0.423. The molecule has 0 aliphatic heterocycles. The number of anilines is 3. The number of amides is 1. The predicted molar refractivity (Wildman–Crippen MR) is 83.2 cm³/mol. The van der Waals surface area contributed by atoms with Crippen LogP contribution in [0.1, 0.15) is 22.8 Å². The van der Waals surface area contributed by atoms with Crippen LogP contribution in [0.25, 0.3) is 0 Å². The molecule has 0 radical (unpaired) electrons. The second-order valence-electron chi connectivity index (χ2n) is 4.72. The fourth-order valence-electron chi connectivity index (χ4n) is 2.24. The summed E-state index contributed by atoms with van der Waals surface area (Å²) in [5.41, 5.74) is 15.4. The fraction of sp³-hybridized carbons (Fsp3) is 0.188. The monoisotopic (exact) mass is 269 g/mol. The first kappa shape index (κ1) is 13.9. The van der Waals surface area contributed by atoms with Gasteiger partial charge in [-0.2, -0.15) is 0 Å². The topological polar surface area (TPSA) is 72.3 Å². The Labute approximate surface area is 119 Å². The number of carbonyl (C=O) groups excluding carboxylic acids is 1. The number of nitrogens with zero attached hydrogens (tertiary/aromatic N) is 1. The first-order valence-corrected chi connectivity index (χ1v) is 6.56. The van der Waals surface area contributed by atoms with Crippen molar-refractivity contribution in [1.29, 1.82) is 0 Å². The van der Waals surface area contributed by atoms with Crippen LogP contribution in [0.2, 0.25) is 0 Å². The maximum atomic E-state index is 11.2. The van der Waals surface area contributed by atoms with Crippen molar-refractivity contribution < 1.29 is 4.79 Å². The molecule has 0 fully saturated rings. The lowest BCUT2D eigenvalue weighted by Crippen LogP contribution is -2.18. The molecule has 0 heterocycles. The SMILES string of the molecule is CCN(c1cccc(C)c1)c1ccc(C(N)=O)cc1N. The number of benzene rings is 2. The lowest BCUT2D eigenvalue weighted by Gasteiger charge is -2.25. The largest absolute Gasteiger partial charge is 0.397 e. The van der Waals surface area contributed by atoms with Crippen molar-refractivity contribution in [2.45, 2.75) is 13.8 Å². The summed E-state index contributed by atoms with van der Waals surface area (Å²) in [5.74, 6) is -0.471. The van der Waals surface area contributed by atoms with E-state index >= 15 is 0 Å². The zero-order valence-electron chi connectivity index (χ0n) is 11.8. The molecule has 0 saturated heterocycles. The van der Waals surface area contributed by atoms with Gasteiger partial charge in [-0.05, 0) is 49.7 Å². The van der Waals surface area contributed by atoms with Gasteiger partial charge in [-0.15, -0.1) is 0 Å². The van der Waals surface area contributed by atoms with E-state index < -0.39 is 5.91 Å². The van der Waals surface area contributed by atoms with E-state index in [4.69, 9.17) is 11.5 Å². The van der Waals surface area contributed by atoms with E-state index in [-0.39, 0.29) is 0 Å². The van der Waals surface area contributed by atoms with Crippen LogP contribution in [0.5, 0.6) is 0 Å². The summed E-state index contributed by atoms with van der Waals surface area (Å²) in [5, 5.41) is 0. The highest BCUT2D eigenvalue weighted by Gasteiger charge is 2.12. The summed E-state index contributed by atoms with van der Waals surface area (Å²) in [7, 11) is 0. The molecule has 4 N–H and O–H groups in total. The number of hydrogen-bond donors (Lipinski definition) is 2. The summed E-state index contributed by atoms with van der Waals surface area (Å²) >= 11 is 0. The number of carbonyl (C=O) groups is 1. The number of nitrogens with two attached hydrogens (primary N) is 2. The molecule has 0 spiro atoms. The van der Waals surface area contributed by atoms with Crippen molar-refractivity contribution in [1.82, 2.24) is 0 Å². The van der Waals surface area contributed by atoms with E-state index in [1.165, 1.54) is 5.56 Å². The van der Waals surface area contributed by atoms with E-state index in [9.17, 15) is 4.79 Å². The van der Waals surface area contributed by atoms with Gasteiger partial charge in [-0.25, -0.2) is 0 Å². The molecule has 0 atom stereocenters. The van der Waals surface area contributed by atoms with Gasteiger partial charge < -0.3 is 16.4 Å². The Bertz CT molecular complexity index is 637. The molecule has 104 valence electrons. The molecule has 2 rings (SSSR count). The molecule has 0 bridgehead atoms. The Balaban J connectivity index is 2.44. The Kier molecular flexibility index (Phi) is 3.94. The highest BCUT2D eigenvalue weighted by atomic mass is 16.1. The fourth-order valence-corrected chi connectivity index (χ4v) is 2.24. The number of primary amides is 1. The molecule has 0 unspecified atom stereocenters. The zero-order chi connectivity index (χ0) is 14.7. The van der Waals surface area contributed by atoms with Gasteiger partial charge in [0.2, 0.25) is 5.91 Å². The summed E-state index contributed by atoms with van der Waals surface area (Å²) in [6.45, 7) is 4.89. The third-order valence-corrected chi connectivity index (χ3v) is 3.23. The van der Waals surface area contributed by atoms with E-state index in [1.807, 2.05) is 18.2 Å². The molecular weight excluding hydrogens is 250 g/mol. The lowest BCUT2D eigenvalue weighted by atomic mass is 10.1. The Morgan fingerprint density at radius 3 is 2.50 bits per heavy atom. The van der Waals surface area contributed by atoms with E-state index in [2.05, 4.69) is 30.9 Å². The molecule has 20 heavy (non-hydrogen) atoms.